The van der Waals surface area contributed by atoms with Crippen LogP contribution in [0.3, 0.4) is 0 Å². The van der Waals surface area contributed by atoms with E-state index in [1.807, 2.05) is 24.4 Å². The van der Waals surface area contributed by atoms with Crippen LogP contribution in [0, 0.1) is 0 Å². The Labute approximate surface area is 210 Å². The minimum Gasteiger partial charge on any atom is -0.382 e. The molecule has 180 valence electrons. The molecule has 36 heavy (non-hydrogen) atoms. The van der Waals surface area contributed by atoms with Crippen LogP contribution in [0.5, 0.6) is 0 Å². The van der Waals surface area contributed by atoms with Crippen LogP contribution in [0.1, 0.15) is 43.8 Å². The van der Waals surface area contributed by atoms with Crippen molar-refractivity contribution >= 4 is 22.2 Å². The Morgan fingerprint density at radius 1 is 0.833 bits per heavy atom. The lowest BCUT2D eigenvalue weighted by molar-refractivity contribution is 0.0862. The highest BCUT2D eigenvalue weighted by Gasteiger charge is 2.37. The molecule has 0 unspecified atom stereocenters. The fraction of sp³-hybridized carbons (Fsp3) is 0.300. The van der Waals surface area contributed by atoms with Crippen LogP contribution < -0.4 is 5.73 Å². The lowest BCUT2D eigenvalue weighted by atomic mass is 9.78. The van der Waals surface area contributed by atoms with E-state index >= 15 is 0 Å². The van der Waals surface area contributed by atoms with E-state index < -0.39 is 0 Å². The van der Waals surface area contributed by atoms with Gasteiger partial charge < -0.3 is 10.6 Å². The van der Waals surface area contributed by atoms with Crippen LogP contribution in [0.2, 0.25) is 0 Å². The number of nitrogens with zero attached hydrogens (tertiary/aromatic N) is 5. The Balaban J connectivity index is 1.27. The quantitative estimate of drug-likeness (QED) is 0.350. The standard InChI is InChI=1S/C30H30N6/c31-29-28-27(22-10-9-21-11-12-25(33-26(21)19-22)20-7-3-1-4-8-20)34-30(36(28)16-13-32-29)23-17-24(18-23)35-14-5-2-6-15-35/h1,3-4,7-13,16,19,23-24H,2,5-6,14-15,17-18H2,(H2,31,32)/t23-,24+. The highest BCUT2D eigenvalue weighted by molar-refractivity contribution is 5.91. The van der Waals surface area contributed by atoms with Crippen molar-refractivity contribution in [1.82, 2.24) is 24.3 Å². The SMILES string of the molecule is Nc1nccn2c1c(-c1ccc3ccc(-c4ccccc4)nc3c1)nc2[C@H]1C[C@@H](N2CCCCC2)C1. The molecule has 2 aromatic carbocycles. The average Bonchev–Trinajstić information content (AvgIpc) is 3.29. The summed E-state index contributed by atoms with van der Waals surface area (Å²) in [6.07, 6.45) is 10.2. The zero-order chi connectivity index (χ0) is 24.1. The highest BCUT2D eigenvalue weighted by atomic mass is 15.2. The third-order valence-corrected chi connectivity index (χ3v) is 8.03. The molecule has 2 N–H and O–H groups in total. The van der Waals surface area contributed by atoms with Gasteiger partial charge in [0.1, 0.15) is 22.9 Å². The van der Waals surface area contributed by atoms with Crippen molar-refractivity contribution in [3.63, 3.8) is 0 Å². The first kappa shape index (κ1) is 21.5. The molecular formula is C30H30N6. The molecule has 1 aliphatic carbocycles. The van der Waals surface area contributed by atoms with Gasteiger partial charge in [0.2, 0.25) is 0 Å². The van der Waals surface area contributed by atoms with Gasteiger partial charge in [-0.25, -0.2) is 15.0 Å². The number of likely N-dealkylation sites (tertiary alicyclic amines) is 1. The summed E-state index contributed by atoms with van der Waals surface area (Å²) in [5.41, 5.74) is 12.3. The van der Waals surface area contributed by atoms with Crippen molar-refractivity contribution in [2.24, 2.45) is 0 Å². The third kappa shape index (κ3) is 3.64. The number of anilines is 1. The lowest BCUT2D eigenvalue weighted by Gasteiger charge is -2.44. The molecule has 2 aliphatic rings. The van der Waals surface area contributed by atoms with Crippen molar-refractivity contribution in [2.75, 3.05) is 18.8 Å². The van der Waals surface area contributed by atoms with E-state index in [0.29, 0.717) is 17.8 Å². The summed E-state index contributed by atoms with van der Waals surface area (Å²) in [5.74, 6) is 2.07. The van der Waals surface area contributed by atoms with Gasteiger partial charge in [-0.2, -0.15) is 0 Å². The second kappa shape index (κ2) is 8.71. The Morgan fingerprint density at radius 3 is 2.47 bits per heavy atom. The van der Waals surface area contributed by atoms with Crippen LogP contribution in [0.25, 0.3) is 38.9 Å². The third-order valence-electron chi connectivity index (χ3n) is 8.03. The van der Waals surface area contributed by atoms with Gasteiger partial charge in [0.25, 0.3) is 0 Å². The second-order valence-corrected chi connectivity index (χ2v) is 10.2. The molecule has 1 saturated heterocycles. The molecule has 2 fully saturated rings. The largest absolute Gasteiger partial charge is 0.382 e. The molecule has 4 heterocycles. The fourth-order valence-electron chi connectivity index (χ4n) is 5.99. The van der Waals surface area contributed by atoms with Crippen LogP contribution in [0.4, 0.5) is 5.82 Å². The molecule has 0 atom stereocenters. The molecule has 7 rings (SSSR count). The summed E-state index contributed by atoms with van der Waals surface area (Å²) in [6.45, 7) is 2.49. The van der Waals surface area contributed by atoms with Gasteiger partial charge in [-0.3, -0.25) is 4.40 Å². The number of hydrogen-bond acceptors (Lipinski definition) is 5. The molecular weight excluding hydrogens is 444 g/mol. The first-order chi connectivity index (χ1) is 17.7. The number of imidazole rings is 1. The Hall–Kier alpha value is -3.77. The van der Waals surface area contributed by atoms with E-state index in [1.165, 1.54) is 45.2 Å². The average molecular weight is 475 g/mol. The van der Waals surface area contributed by atoms with Crippen LogP contribution in [0.15, 0.2) is 73.1 Å². The van der Waals surface area contributed by atoms with Crippen LogP contribution in [-0.4, -0.2) is 43.4 Å². The minimum atomic E-state index is 0.447. The van der Waals surface area contributed by atoms with Gasteiger partial charge in [0.15, 0.2) is 0 Å². The number of piperidine rings is 1. The van der Waals surface area contributed by atoms with E-state index in [1.54, 1.807) is 6.20 Å². The zero-order valence-electron chi connectivity index (χ0n) is 20.3. The summed E-state index contributed by atoms with van der Waals surface area (Å²) in [7, 11) is 0. The molecule has 3 aromatic heterocycles. The van der Waals surface area contributed by atoms with Crippen molar-refractivity contribution in [2.45, 2.75) is 44.1 Å². The number of benzene rings is 2. The smallest absolute Gasteiger partial charge is 0.150 e. The van der Waals surface area contributed by atoms with Crippen molar-refractivity contribution in [3.05, 3.63) is 78.9 Å². The van der Waals surface area contributed by atoms with Crippen LogP contribution >= 0.6 is 0 Å². The predicted molar refractivity (Wildman–Crippen MR) is 145 cm³/mol. The molecule has 1 aliphatic heterocycles. The lowest BCUT2D eigenvalue weighted by Crippen LogP contribution is -2.46. The van der Waals surface area contributed by atoms with Crippen LogP contribution in [-0.2, 0) is 0 Å². The molecule has 5 aromatic rings. The maximum Gasteiger partial charge on any atom is 0.150 e. The predicted octanol–water partition coefficient (Wildman–Crippen LogP) is 5.93. The number of nitrogen functional groups attached to an aromatic ring is 1. The van der Waals surface area contributed by atoms with E-state index in [4.69, 9.17) is 15.7 Å². The monoisotopic (exact) mass is 474 g/mol. The van der Waals surface area contributed by atoms with Gasteiger partial charge in [-0.15, -0.1) is 0 Å². The number of pyridine rings is 1. The summed E-state index contributed by atoms with van der Waals surface area (Å²) >= 11 is 0. The van der Waals surface area contributed by atoms with Crippen molar-refractivity contribution in [1.29, 1.82) is 0 Å². The fourth-order valence-corrected chi connectivity index (χ4v) is 5.99. The normalized spacial score (nSPS) is 20.6. The van der Waals surface area contributed by atoms with Gasteiger partial charge in [-0.05, 0) is 50.9 Å². The summed E-state index contributed by atoms with van der Waals surface area (Å²) in [4.78, 5) is 17.3. The Bertz CT molecular complexity index is 1540. The first-order valence-corrected chi connectivity index (χ1v) is 13.1. The molecule has 0 spiro atoms. The summed E-state index contributed by atoms with van der Waals surface area (Å²) in [5, 5.41) is 1.11. The Morgan fingerprint density at radius 2 is 1.64 bits per heavy atom. The molecule has 6 heteroatoms. The number of aromatic nitrogens is 4. The second-order valence-electron chi connectivity index (χ2n) is 10.2. The number of hydrogen-bond donors (Lipinski definition) is 1. The Kier molecular flexibility index (Phi) is 5.21. The minimum absolute atomic E-state index is 0.447. The van der Waals surface area contributed by atoms with Gasteiger partial charge in [0.05, 0.1) is 11.2 Å². The van der Waals surface area contributed by atoms with E-state index in [-0.39, 0.29) is 0 Å². The van der Waals surface area contributed by atoms with Gasteiger partial charge in [-0.1, -0.05) is 55.0 Å². The number of fused-ring (bicyclic) bond motifs is 2. The van der Waals surface area contributed by atoms with E-state index in [2.05, 4.69) is 56.7 Å². The molecule has 6 nitrogen and oxygen atoms in total. The maximum absolute atomic E-state index is 6.43. The molecule has 1 saturated carbocycles. The molecule has 0 bridgehead atoms. The van der Waals surface area contributed by atoms with Crippen molar-refractivity contribution in [3.8, 4) is 22.5 Å². The van der Waals surface area contributed by atoms with Gasteiger partial charge >= 0.3 is 0 Å². The first-order valence-electron chi connectivity index (χ1n) is 13.1. The van der Waals surface area contributed by atoms with Crippen molar-refractivity contribution < 1.29 is 0 Å². The summed E-state index contributed by atoms with van der Waals surface area (Å²) in [6, 6.07) is 21.6. The van der Waals surface area contributed by atoms with E-state index in [9.17, 15) is 0 Å². The maximum atomic E-state index is 6.43. The highest BCUT2D eigenvalue weighted by Crippen LogP contribution is 2.42. The van der Waals surface area contributed by atoms with E-state index in [0.717, 1.165) is 44.8 Å². The van der Waals surface area contributed by atoms with Gasteiger partial charge in [0, 0.05) is 40.9 Å². The zero-order valence-corrected chi connectivity index (χ0v) is 20.3. The number of rotatable bonds is 4. The number of nitrogens with two attached hydrogens (primary N) is 1. The molecule has 0 amide bonds. The molecule has 0 radical (unpaired) electrons. The topological polar surface area (TPSA) is 72.3 Å². The summed E-state index contributed by atoms with van der Waals surface area (Å²) < 4.78 is 2.17.